The molecular weight excluding hydrogens is 342 g/mol. The van der Waals surface area contributed by atoms with Crippen LogP contribution in [0, 0.1) is 11.3 Å². The minimum atomic E-state index is -3.52. The molecule has 2 unspecified atom stereocenters. The summed E-state index contributed by atoms with van der Waals surface area (Å²) in [6.07, 6.45) is 11.8. The van der Waals surface area contributed by atoms with E-state index in [9.17, 15) is 18.4 Å². The molecule has 2 atom stereocenters. The number of alkyl halides is 2. The topological polar surface area (TPSA) is 52.6 Å². The molecule has 0 N–H and O–H groups in total. The van der Waals surface area contributed by atoms with E-state index < -0.39 is 22.9 Å². The van der Waals surface area contributed by atoms with Gasteiger partial charge < -0.3 is 9.47 Å². The lowest BCUT2D eigenvalue weighted by Crippen LogP contribution is -2.37. The number of hydrogen-bond donors (Lipinski definition) is 0. The number of halogens is 2. The average Bonchev–Trinajstić information content (AvgIpc) is 3.05. The molecule has 3 aliphatic carbocycles. The molecule has 0 saturated heterocycles. The highest BCUT2D eigenvalue weighted by Crippen LogP contribution is 2.52. The zero-order valence-electron chi connectivity index (χ0n) is 15.4. The van der Waals surface area contributed by atoms with Crippen LogP contribution in [0.1, 0.15) is 58.8 Å². The molecule has 0 spiro atoms. The fraction of sp³-hybridized carbons (Fsp3) is 0.700. The van der Waals surface area contributed by atoms with Crippen molar-refractivity contribution in [3.05, 3.63) is 23.8 Å². The Hall–Kier alpha value is -1.72. The van der Waals surface area contributed by atoms with Gasteiger partial charge in [-0.1, -0.05) is 37.0 Å². The molecule has 1 saturated carbocycles. The third kappa shape index (κ3) is 3.84. The van der Waals surface area contributed by atoms with Gasteiger partial charge in [-0.3, -0.25) is 4.79 Å². The van der Waals surface area contributed by atoms with Gasteiger partial charge in [-0.05, 0) is 32.3 Å². The zero-order valence-corrected chi connectivity index (χ0v) is 15.4. The third-order valence-electron chi connectivity index (χ3n) is 5.65. The Labute approximate surface area is 152 Å². The Morgan fingerprint density at radius 1 is 1.27 bits per heavy atom. The second kappa shape index (κ2) is 6.78. The van der Waals surface area contributed by atoms with Crippen molar-refractivity contribution in [2.24, 2.45) is 11.3 Å². The summed E-state index contributed by atoms with van der Waals surface area (Å²) in [6, 6.07) is 0. The van der Waals surface area contributed by atoms with Crippen LogP contribution < -0.4 is 0 Å². The second-order valence-corrected chi connectivity index (χ2v) is 8.14. The van der Waals surface area contributed by atoms with Crippen molar-refractivity contribution in [2.75, 3.05) is 6.61 Å². The first-order valence-electron chi connectivity index (χ1n) is 9.31. The molecule has 0 bridgehead atoms. The highest BCUT2D eigenvalue weighted by atomic mass is 19.3. The quantitative estimate of drug-likeness (QED) is 0.535. The third-order valence-corrected chi connectivity index (χ3v) is 5.65. The lowest BCUT2D eigenvalue weighted by atomic mass is 9.82. The highest BCUT2D eigenvalue weighted by Gasteiger charge is 2.50. The van der Waals surface area contributed by atoms with Gasteiger partial charge in [0.15, 0.2) is 0 Å². The molecule has 0 aromatic heterocycles. The van der Waals surface area contributed by atoms with Crippen LogP contribution >= 0.6 is 0 Å². The summed E-state index contributed by atoms with van der Waals surface area (Å²) >= 11 is 0. The van der Waals surface area contributed by atoms with E-state index in [1.165, 1.54) is 0 Å². The molecule has 3 aliphatic rings. The molecule has 0 aromatic carbocycles. The molecule has 0 amide bonds. The molecular formula is C20H26F2O4. The summed E-state index contributed by atoms with van der Waals surface area (Å²) in [5.41, 5.74) is -0.484. The SMILES string of the molecule is CC1(OC(=O)C2CCCCC2)C=C2CC=CC2(COC(=O)C(C)(F)F)C1. The highest BCUT2D eigenvalue weighted by molar-refractivity contribution is 5.77. The number of esters is 2. The van der Waals surface area contributed by atoms with Gasteiger partial charge >= 0.3 is 17.9 Å². The van der Waals surface area contributed by atoms with Crippen molar-refractivity contribution in [1.82, 2.24) is 0 Å². The fourth-order valence-corrected chi connectivity index (χ4v) is 4.37. The van der Waals surface area contributed by atoms with E-state index in [0.717, 1.165) is 37.7 Å². The van der Waals surface area contributed by atoms with E-state index >= 15 is 0 Å². The minimum Gasteiger partial charge on any atom is -0.460 e. The van der Waals surface area contributed by atoms with Crippen LogP contribution in [0.2, 0.25) is 0 Å². The van der Waals surface area contributed by atoms with Gasteiger partial charge in [-0.2, -0.15) is 8.78 Å². The number of carbonyl (C=O) groups excluding carboxylic acids is 2. The van der Waals surface area contributed by atoms with E-state index in [2.05, 4.69) is 0 Å². The number of hydrogen-bond acceptors (Lipinski definition) is 4. The first kappa shape index (κ1) is 19.1. The predicted octanol–water partition coefficient (Wildman–Crippen LogP) is 4.34. The minimum absolute atomic E-state index is 0.0532. The van der Waals surface area contributed by atoms with E-state index in [4.69, 9.17) is 9.47 Å². The Balaban J connectivity index is 1.66. The van der Waals surface area contributed by atoms with Gasteiger partial charge in [0, 0.05) is 18.8 Å². The molecule has 0 heterocycles. The molecule has 144 valence electrons. The Morgan fingerprint density at radius 3 is 2.62 bits per heavy atom. The van der Waals surface area contributed by atoms with Crippen LogP contribution in [0.5, 0.6) is 0 Å². The molecule has 0 aromatic rings. The van der Waals surface area contributed by atoms with Crippen LogP contribution in [-0.4, -0.2) is 30.1 Å². The van der Waals surface area contributed by atoms with Crippen LogP contribution in [-0.2, 0) is 19.1 Å². The van der Waals surface area contributed by atoms with Crippen molar-refractivity contribution in [1.29, 1.82) is 0 Å². The van der Waals surface area contributed by atoms with E-state index in [1.54, 1.807) is 0 Å². The zero-order chi connectivity index (χ0) is 19.0. The molecule has 3 rings (SSSR count). The van der Waals surface area contributed by atoms with Crippen molar-refractivity contribution < 1.29 is 27.8 Å². The van der Waals surface area contributed by atoms with Crippen LogP contribution in [0.15, 0.2) is 23.8 Å². The maximum atomic E-state index is 13.1. The van der Waals surface area contributed by atoms with Gasteiger partial charge in [-0.25, -0.2) is 4.79 Å². The summed E-state index contributed by atoms with van der Waals surface area (Å²) in [7, 11) is 0. The van der Waals surface area contributed by atoms with Crippen molar-refractivity contribution in [2.45, 2.75) is 70.3 Å². The molecule has 0 radical (unpaired) electrons. The average molecular weight is 368 g/mol. The Kier molecular flexibility index (Phi) is 4.97. The van der Waals surface area contributed by atoms with E-state index in [1.807, 2.05) is 25.2 Å². The number of allylic oxidation sites excluding steroid dienone is 1. The number of rotatable bonds is 5. The van der Waals surface area contributed by atoms with Crippen LogP contribution in [0.4, 0.5) is 8.78 Å². The van der Waals surface area contributed by atoms with Crippen molar-refractivity contribution >= 4 is 11.9 Å². The van der Waals surface area contributed by atoms with Gasteiger partial charge in [0.25, 0.3) is 0 Å². The molecule has 0 aliphatic heterocycles. The first-order chi connectivity index (χ1) is 12.1. The maximum Gasteiger partial charge on any atom is 0.376 e. The second-order valence-electron chi connectivity index (χ2n) is 8.14. The van der Waals surface area contributed by atoms with Gasteiger partial charge in [-0.15, -0.1) is 0 Å². The molecule has 6 heteroatoms. The summed E-state index contributed by atoms with van der Waals surface area (Å²) in [4.78, 5) is 24.0. The van der Waals surface area contributed by atoms with Gasteiger partial charge in [0.05, 0.1) is 5.92 Å². The number of carbonyl (C=O) groups is 2. The van der Waals surface area contributed by atoms with Gasteiger partial charge in [0.2, 0.25) is 0 Å². The van der Waals surface area contributed by atoms with E-state index in [-0.39, 0.29) is 18.5 Å². The van der Waals surface area contributed by atoms with Crippen LogP contribution in [0.25, 0.3) is 0 Å². The number of ether oxygens (including phenoxy) is 2. The molecule has 1 fully saturated rings. The van der Waals surface area contributed by atoms with Crippen LogP contribution in [0.3, 0.4) is 0 Å². The normalized spacial score (nSPS) is 31.5. The standard InChI is InChI=1S/C20H26F2O4/c1-18(26-16(23)14-7-4-3-5-8-14)11-15-9-6-10-20(15,12-18)13-25-17(24)19(2,21)22/h6,10-11,14H,3-5,7-9,12-13H2,1-2H3. The summed E-state index contributed by atoms with van der Waals surface area (Å²) in [5, 5.41) is 0. The van der Waals surface area contributed by atoms with Crippen molar-refractivity contribution in [3.8, 4) is 0 Å². The lowest BCUT2D eigenvalue weighted by Gasteiger charge is -2.32. The molecule has 4 nitrogen and oxygen atoms in total. The smallest absolute Gasteiger partial charge is 0.376 e. The summed E-state index contributed by atoms with van der Waals surface area (Å²) < 4.78 is 36.9. The maximum absolute atomic E-state index is 13.1. The monoisotopic (exact) mass is 368 g/mol. The largest absolute Gasteiger partial charge is 0.460 e. The Bertz CT molecular complexity index is 643. The number of fused-ring (bicyclic) bond motifs is 1. The van der Waals surface area contributed by atoms with Gasteiger partial charge in [0.1, 0.15) is 12.2 Å². The summed E-state index contributed by atoms with van der Waals surface area (Å²) in [5.74, 6) is -5.28. The fourth-order valence-electron chi connectivity index (χ4n) is 4.37. The predicted molar refractivity (Wildman–Crippen MR) is 91.5 cm³/mol. The Morgan fingerprint density at radius 2 is 1.96 bits per heavy atom. The first-order valence-corrected chi connectivity index (χ1v) is 9.31. The summed E-state index contributed by atoms with van der Waals surface area (Å²) in [6.45, 7) is 2.21. The lowest BCUT2D eigenvalue weighted by molar-refractivity contribution is -0.173. The van der Waals surface area contributed by atoms with Crippen molar-refractivity contribution in [3.63, 3.8) is 0 Å². The van der Waals surface area contributed by atoms with E-state index in [0.29, 0.717) is 19.8 Å². The molecule has 26 heavy (non-hydrogen) atoms.